The minimum atomic E-state index is -0.731. The molecule has 6 rings (SSSR count). The largest absolute Gasteiger partial charge is 0.507 e. The maximum absolute atomic E-state index is 13.9. The first-order valence-corrected chi connectivity index (χ1v) is 18.5. The first-order chi connectivity index (χ1) is 25.4. The van der Waals surface area contributed by atoms with E-state index in [0.717, 1.165) is 0 Å². The molecule has 12 heteroatoms. The van der Waals surface area contributed by atoms with Crippen molar-refractivity contribution in [3.8, 4) is 22.6 Å². The lowest BCUT2D eigenvalue weighted by molar-refractivity contribution is -0.113. The SMILES string of the molecule is Cc1cc2c(c(O)c1-c1c(C)cc3c(c1O)/C(=C\Nc1ccc(Cl)cc1Cl)C(=O)C(O)=C3C(C)C)/C(=C/Nc1ccc(Cl)cc1Cl)C(=O)C(O)=C2C(C)C. The van der Waals surface area contributed by atoms with Crippen molar-refractivity contribution in [1.29, 1.82) is 0 Å². The number of phenolic OH excluding ortho intramolecular Hbond substituents is 2. The van der Waals surface area contributed by atoms with Gasteiger partial charge in [-0.1, -0.05) is 86.2 Å². The van der Waals surface area contributed by atoms with E-state index in [1.807, 2.05) is 27.7 Å². The number of anilines is 2. The Kier molecular flexibility index (Phi) is 10.6. The zero-order valence-electron chi connectivity index (χ0n) is 30.0. The molecule has 0 heterocycles. The zero-order chi connectivity index (χ0) is 39.5. The van der Waals surface area contributed by atoms with Gasteiger partial charge in [0.05, 0.1) is 32.6 Å². The van der Waals surface area contributed by atoms with E-state index in [2.05, 4.69) is 10.6 Å². The molecular formula is C42H36Cl4N2O6. The van der Waals surface area contributed by atoms with Crippen molar-refractivity contribution in [3.63, 3.8) is 0 Å². The minimum absolute atomic E-state index is 0.0541. The Morgan fingerprint density at radius 1 is 0.556 bits per heavy atom. The quantitative estimate of drug-likeness (QED) is 0.102. The predicted octanol–water partition coefficient (Wildman–Crippen LogP) is 11.9. The standard InChI is InChI=1S/C42H36Cl4N2O6/c1-17(2)31-23-11-19(5)33(39(51)35(23)25(37(49)41(31)53)15-47-29-9-7-21(43)13-27(29)45)34-20(6)12-24-32(18(3)4)42(54)38(50)26(36(24)40(34)52)16-48-30-10-8-22(44)14-28(30)46/h7-18,47-48,51-54H,1-6H3/b25-15-,26-16+. The molecule has 278 valence electrons. The van der Waals surface area contributed by atoms with Crippen molar-refractivity contribution in [2.45, 2.75) is 41.5 Å². The van der Waals surface area contributed by atoms with E-state index in [0.29, 0.717) is 54.8 Å². The number of aryl methyl sites for hydroxylation is 2. The Labute approximate surface area is 332 Å². The van der Waals surface area contributed by atoms with Crippen LogP contribution in [0.5, 0.6) is 11.5 Å². The number of phenols is 2. The van der Waals surface area contributed by atoms with E-state index in [1.54, 1.807) is 50.2 Å². The third kappa shape index (κ3) is 6.62. The molecule has 0 atom stereocenters. The molecule has 0 fully saturated rings. The van der Waals surface area contributed by atoms with Crippen LogP contribution in [0.15, 0.2) is 72.4 Å². The molecule has 0 aliphatic heterocycles. The van der Waals surface area contributed by atoms with Gasteiger partial charge in [0.25, 0.3) is 0 Å². The summed E-state index contributed by atoms with van der Waals surface area (Å²) in [5.41, 5.74) is 3.97. The van der Waals surface area contributed by atoms with Crippen LogP contribution in [0.1, 0.15) is 61.1 Å². The Bertz CT molecular complexity index is 2270. The third-order valence-electron chi connectivity index (χ3n) is 9.56. The molecular weight excluding hydrogens is 770 g/mol. The number of aliphatic hydroxyl groups excluding tert-OH is 2. The Hall–Kier alpha value is -4.86. The van der Waals surface area contributed by atoms with Crippen LogP contribution in [-0.2, 0) is 9.59 Å². The number of benzene rings is 4. The summed E-state index contributed by atoms with van der Waals surface area (Å²) in [6.45, 7) is 10.8. The molecule has 0 aromatic heterocycles. The summed E-state index contributed by atoms with van der Waals surface area (Å²) >= 11 is 25.0. The summed E-state index contributed by atoms with van der Waals surface area (Å²) in [7, 11) is 0. The molecule has 2 aliphatic carbocycles. The fraction of sp³-hybridized carbons (Fsp3) is 0.190. The Balaban J connectivity index is 1.63. The zero-order valence-corrected chi connectivity index (χ0v) is 33.1. The van der Waals surface area contributed by atoms with Gasteiger partial charge >= 0.3 is 0 Å². The number of carbonyl (C=O) groups is 2. The first-order valence-electron chi connectivity index (χ1n) is 17.0. The van der Waals surface area contributed by atoms with Crippen molar-refractivity contribution < 1.29 is 30.0 Å². The summed E-state index contributed by atoms with van der Waals surface area (Å²) in [4.78, 5) is 27.8. The van der Waals surface area contributed by atoms with Crippen LogP contribution in [0, 0.1) is 25.7 Å². The Morgan fingerprint density at radius 2 is 0.907 bits per heavy atom. The van der Waals surface area contributed by atoms with Crippen LogP contribution in [0.2, 0.25) is 20.1 Å². The third-order valence-corrected chi connectivity index (χ3v) is 10.7. The molecule has 0 unspecified atom stereocenters. The second kappa shape index (κ2) is 14.8. The predicted molar refractivity (Wildman–Crippen MR) is 220 cm³/mol. The lowest BCUT2D eigenvalue weighted by Crippen LogP contribution is -2.20. The first kappa shape index (κ1) is 38.9. The van der Waals surface area contributed by atoms with Gasteiger partial charge in [0.15, 0.2) is 11.5 Å². The van der Waals surface area contributed by atoms with E-state index in [4.69, 9.17) is 46.4 Å². The Morgan fingerprint density at radius 3 is 1.22 bits per heavy atom. The number of hydrogen-bond acceptors (Lipinski definition) is 8. The van der Waals surface area contributed by atoms with E-state index in [1.165, 1.54) is 24.5 Å². The van der Waals surface area contributed by atoms with E-state index in [-0.39, 0.29) is 66.8 Å². The molecule has 0 saturated heterocycles. The number of aromatic hydroxyl groups is 2. The fourth-order valence-corrected chi connectivity index (χ4v) is 8.07. The van der Waals surface area contributed by atoms with Crippen LogP contribution in [-0.4, -0.2) is 32.0 Å². The number of nitrogens with one attached hydrogen (secondary N) is 2. The van der Waals surface area contributed by atoms with Crippen LogP contribution in [0.4, 0.5) is 11.4 Å². The summed E-state index contributed by atoms with van der Waals surface area (Å²) < 4.78 is 0. The average molecular weight is 807 g/mol. The summed E-state index contributed by atoms with van der Waals surface area (Å²) in [5, 5.41) is 54.5. The summed E-state index contributed by atoms with van der Waals surface area (Å²) in [6.07, 6.45) is 2.72. The van der Waals surface area contributed by atoms with Crippen molar-refractivity contribution in [1.82, 2.24) is 0 Å². The van der Waals surface area contributed by atoms with E-state index >= 15 is 0 Å². The maximum atomic E-state index is 13.9. The molecule has 0 amide bonds. The second-order valence-corrected chi connectivity index (χ2v) is 15.5. The van der Waals surface area contributed by atoms with Crippen molar-refractivity contribution in [2.75, 3.05) is 10.6 Å². The second-order valence-electron chi connectivity index (χ2n) is 13.8. The van der Waals surface area contributed by atoms with Crippen molar-refractivity contribution in [2.24, 2.45) is 11.8 Å². The summed E-state index contributed by atoms with van der Waals surface area (Å²) in [6, 6.07) is 13.0. The molecule has 2 aliphatic rings. The van der Waals surface area contributed by atoms with Gasteiger partial charge in [-0.3, -0.25) is 9.59 Å². The van der Waals surface area contributed by atoms with E-state index < -0.39 is 23.1 Å². The van der Waals surface area contributed by atoms with Gasteiger partial charge in [0.1, 0.15) is 11.5 Å². The van der Waals surface area contributed by atoms with Gasteiger partial charge in [0.2, 0.25) is 11.6 Å². The molecule has 4 aromatic rings. The molecule has 54 heavy (non-hydrogen) atoms. The van der Waals surface area contributed by atoms with Gasteiger partial charge in [-0.05, 0) is 84.3 Å². The highest BCUT2D eigenvalue weighted by Crippen LogP contribution is 2.53. The highest BCUT2D eigenvalue weighted by Gasteiger charge is 2.38. The van der Waals surface area contributed by atoms with Crippen LogP contribution >= 0.6 is 46.4 Å². The monoisotopic (exact) mass is 804 g/mol. The average Bonchev–Trinajstić information content (AvgIpc) is 3.08. The highest BCUT2D eigenvalue weighted by atomic mass is 35.5. The number of aliphatic hydroxyl groups is 2. The minimum Gasteiger partial charge on any atom is -0.507 e. The van der Waals surface area contributed by atoms with Gasteiger partial charge in [-0.25, -0.2) is 0 Å². The fourth-order valence-electron chi connectivity index (χ4n) is 7.14. The molecule has 0 saturated carbocycles. The van der Waals surface area contributed by atoms with Gasteiger partial charge < -0.3 is 31.1 Å². The highest BCUT2D eigenvalue weighted by molar-refractivity contribution is 6.38. The topological polar surface area (TPSA) is 139 Å². The van der Waals surface area contributed by atoms with E-state index in [9.17, 15) is 30.0 Å². The molecule has 8 nitrogen and oxygen atoms in total. The number of halogens is 4. The molecule has 0 radical (unpaired) electrons. The van der Waals surface area contributed by atoms with Crippen LogP contribution in [0.25, 0.3) is 33.4 Å². The van der Waals surface area contributed by atoms with Gasteiger partial charge in [-0.15, -0.1) is 0 Å². The van der Waals surface area contributed by atoms with Crippen molar-refractivity contribution >= 4 is 91.6 Å². The number of ketones is 2. The van der Waals surface area contributed by atoms with Crippen LogP contribution < -0.4 is 10.6 Å². The number of fused-ring (bicyclic) bond motifs is 2. The molecule has 0 bridgehead atoms. The normalized spacial score (nSPS) is 15.9. The number of Topliss-reactive ketones (excluding diaryl/α,β-unsaturated/α-hetero) is 2. The number of rotatable bonds is 7. The molecule has 4 aromatic carbocycles. The van der Waals surface area contributed by atoms with Crippen LogP contribution in [0.3, 0.4) is 0 Å². The van der Waals surface area contributed by atoms with Gasteiger partial charge in [-0.2, -0.15) is 0 Å². The number of carbonyl (C=O) groups excluding carboxylic acids is 2. The smallest absolute Gasteiger partial charge is 0.229 e. The maximum Gasteiger partial charge on any atom is 0.229 e. The summed E-state index contributed by atoms with van der Waals surface area (Å²) in [5.74, 6) is -3.67. The molecule has 6 N–H and O–H groups in total. The number of hydrogen-bond donors (Lipinski definition) is 6. The van der Waals surface area contributed by atoms with Gasteiger partial charge in [0, 0.05) is 55.8 Å². The van der Waals surface area contributed by atoms with Crippen molar-refractivity contribution in [3.05, 3.63) is 126 Å². The lowest BCUT2D eigenvalue weighted by Gasteiger charge is -2.29. The molecule has 0 spiro atoms. The number of allylic oxidation sites excluding steroid dienone is 4. The lowest BCUT2D eigenvalue weighted by atomic mass is 9.75.